The molecule has 0 radical (unpaired) electrons. The molecule has 0 fully saturated rings. The molecule has 0 aliphatic heterocycles. The zero-order chi connectivity index (χ0) is 8.97. The molecule has 1 rings (SSSR count). The van der Waals surface area contributed by atoms with Crippen molar-refractivity contribution in [2.45, 2.75) is 6.42 Å². The van der Waals surface area contributed by atoms with Crippen molar-refractivity contribution in [3.8, 4) is 11.5 Å². The Labute approximate surface area is 71.8 Å². The van der Waals surface area contributed by atoms with E-state index in [-0.39, 0.29) is 5.75 Å². The molecule has 3 heteroatoms. The Morgan fingerprint density at radius 3 is 2.83 bits per heavy atom. The van der Waals surface area contributed by atoms with E-state index in [0.29, 0.717) is 6.54 Å². The van der Waals surface area contributed by atoms with Gasteiger partial charge in [0.1, 0.15) is 11.5 Å². The third kappa shape index (κ3) is 1.89. The topological polar surface area (TPSA) is 55.5 Å². The monoisotopic (exact) mass is 167 g/mol. The second-order valence-electron chi connectivity index (χ2n) is 2.53. The van der Waals surface area contributed by atoms with Crippen LogP contribution in [-0.2, 0) is 6.42 Å². The second kappa shape index (κ2) is 3.97. The molecular formula is C9H13NO2. The molecule has 66 valence electrons. The number of phenols is 1. The minimum Gasteiger partial charge on any atom is -0.508 e. The largest absolute Gasteiger partial charge is 0.508 e. The van der Waals surface area contributed by atoms with Crippen LogP contribution in [0.1, 0.15) is 5.56 Å². The lowest BCUT2D eigenvalue weighted by Crippen LogP contribution is -2.03. The predicted molar refractivity (Wildman–Crippen MR) is 47.4 cm³/mol. The molecule has 0 aromatic heterocycles. The van der Waals surface area contributed by atoms with E-state index in [1.807, 2.05) is 0 Å². The fraction of sp³-hybridized carbons (Fsp3) is 0.333. The van der Waals surface area contributed by atoms with Crippen molar-refractivity contribution in [2.75, 3.05) is 13.7 Å². The van der Waals surface area contributed by atoms with Gasteiger partial charge in [-0.15, -0.1) is 0 Å². The Hall–Kier alpha value is -1.22. The summed E-state index contributed by atoms with van der Waals surface area (Å²) in [5, 5.41) is 9.16. The van der Waals surface area contributed by atoms with Gasteiger partial charge in [-0.25, -0.2) is 0 Å². The normalized spacial score (nSPS) is 9.83. The van der Waals surface area contributed by atoms with Crippen molar-refractivity contribution in [3.05, 3.63) is 23.8 Å². The standard InChI is InChI=1S/C9H13NO2/c1-12-9-3-2-8(11)6-7(9)4-5-10/h2-3,6,11H,4-5,10H2,1H3. The van der Waals surface area contributed by atoms with E-state index in [9.17, 15) is 0 Å². The van der Waals surface area contributed by atoms with Gasteiger partial charge in [-0.2, -0.15) is 0 Å². The smallest absolute Gasteiger partial charge is 0.122 e. The highest BCUT2D eigenvalue weighted by atomic mass is 16.5. The molecule has 0 saturated heterocycles. The maximum atomic E-state index is 9.16. The number of ether oxygens (including phenoxy) is 1. The lowest BCUT2D eigenvalue weighted by Gasteiger charge is -2.06. The van der Waals surface area contributed by atoms with Gasteiger partial charge in [0.15, 0.2) is 0 Å². The molecular weight excluding hydrogens is 154 g/mol. The highest BCUT2D eigenvalue weighted by molar-refractivity contribution is 5.39. The summed E-state index contributed by atoms with van der Waals surface area (Å²) in [6, 6.07) is 5.00. The number of phenolic OH excluding ortho intramolecular Hbond substituents is 1. The molecule has 3 N–H and O–H groups in total. The van der Waals surface area contributed by atoms with Gasteiger partial charge < -0.3 is 15.6 Å². The van der Waals surface area contributed by atoms with Crippen molar-refractivity contribution < 1.29 is 9.84 Å². The van der Waals surface area contributed by atoms with Crippen LogP contribution in [0.2, 0.25) is 0 Å². The van der Waals surface area contributed by atoms with Crippen LogP contribution < -0.4 is 10.5 Å². The summed E-state index contributed by atoms with van der Waals surface area (Å²) < 4.78 is 5.09. The van der Waals surface area contributed by atoms with Crippen LogP contribution in [0.3, 0.4) is 0 Å². The van der Waals surface area contributed by atoms with Gasteiger partial charge in [-0.3, -0.25) is 0 Å². The zero-order valence-corrected chi connectivity index (χ0v) is 7.08. The van der Waals surface area contributed by atoms with Gasteiger partial charge in [0.2, 0.25) is 0 Å². The Kier molecular flexibility index (Phi) is 2.94. The first-order valence-corrected chi connectivity index (χ1v) is 3.84. The van der Waals surface area contributed by atoms with E-state index >= 15 is 0 Å². The third-order valence-corrected chi connectivity index (χ3v) is 1.68. The molecule has 0 aliphatic rings. The molecule has 3 nitrogen and oxygen atoms in total. The van der Waals surface area contributed by atoms with Crippen LogP contribution in [0, 0.1) is 0 Å². The van der Waals surface area contributed by atoms with E-state index in [2.05, 4.69) is 0 Å². The van der Waals surface area contributed by atoms with Crippen LogP contribution >= 0.6 is 0 Å². The van der Waals surface area contributed by atoms with Crippen LogP contribution in [0.4, 0.5) is 0 Å². The van der Waals surface area contributed by atoms with Crippen molar-refractivity contribution >= 4 is 0 Å². The highest BCUT2D eigenvalue weighted by Gasteiger charge is 2.01. The van der Waals surface area contributed by atoms with Gasteiger partial charge in [0.05, 0.1) is 7.11 Å². The molecule has 0 aliphatic carbocycles. The average Bonchev–Trinajstić information content (AvgIpc) is 2.05. The van der Waals surface area contributed by atoms with E-state index in [1.54, 1.807) is 25.3 Å². The Balaban J connectivity index is 2.95. The lowest BCUT2D eigenvalue weighted by molar-refractivity contribution is 0.407. The average molecular weight is 167 g/mol. The summed E-state index contributed by atoms with van der Waals surface area (Å²) >= 11 is 0. The lowest BCUT2D eigenvalue weighted by atomic mass is 10.1. The minimum absolute atomic E-state index is 0.249. The highest BCUT2D eigenvalue weighted by Crippen LogP contribution is 2.22. The molecule has 0 unspecified atom stereocenters. The molecule has 0 heterocycles. The Bertz CT molecular complexity index is 261. The fourth-order valence-electron chi connectivity index (χ4n) is 1.12. The zero-order valence-electron chi connectivity index (χ0n) is 7.08. The molecule has 0 amide bonds. The van der Waals surface area contributed by atoms with Gasteiger partial charge in [0.25, 0.3) is 0 Å². The summed E-state index contributed by atoms with van der Waals surface area (Å²) in [5.41, 5.74) is 6.34. The van der Waals surface area contributed by atoms with Gasteiger partial charge >= 0.3 is 0 Å². The fourth-order valence-corrected chi connectivity index (χ4v) is 1.12. The summed E-state index contributed by atoms with van der Waals surface area (Å²) in [4.78, 5) is 0. The predicted octanol–water partition coefficient (Wildman–Crippen LogP) is 0.902. The summed E-state index contributed by atoms with van der Waals surface area (Å²) in [6.07, 6.45) is 0.720. The van der Waals surface area contributed by atoms with Crippen molar-refractivity contribution in [2.24, 2.45) is 5.73 Å². The van der Waals surface area contributed by atoms with Gasteiger partial charge in [-0.05, 0) is 36.7 Å². The number of nitrogens with two attached hydrogens (primary N) is 1. The van der Waals surface area contributed by atoms with Crippen LogP contribution in [-0.4, -0.2) is 18.8 Å². The number of hydrogen-bond acceptors (Lipinski definition) is 3. The molecule has 1 aromatic carbocycles. The van der Waals surface area contributed by atoms with E-state index < -0.39 is 0 Å². The number of rotatable bonds is 3. The van der Waals surface area contributed by atoms with Gasteiger partial charge in [-0.1, -0.05) is 0 Å². The molecule has 1 aromatic rings. The van der Waals surface area contributed by atoms with Crippen LogP contribution in [0.5, 0.6) is 11.5 Å². The second-order valence-corrected chi connectivity index (χ2v) is 2.53. The third-order valence-electron chi connectivity index (χ3n) is 1.68. The van der Waals surface area contributed by atoms with Crippen molar-refractivity contribution in [3.63, 3.8) is 0 Å². The first-order valence-electron chi connectivity index (χ1n) is 3.84. The van der Waals surface area contributed by atoms with E-state index in [4.69, 9.17) is 15.6 Å². The Morgan fingerprint density at radius 2 is 2.25 bits per heavy atom. The summed E-state index contributed by atoms with van der Waals surface area (Å²) in [5.74, 6) is 1.03. The SMILES string of the molecule is COc1ccc(O)cc1CCN. The van der Waals surface area contributed by atoms with Crippen molar-refractivity contribution in [1.29, 1.82) is 0 Å². The number of methoxy groups -OCH3 is 1. The van der Waals surface area contributed by atoms with Crippen LogP contribution in [0.25, 0.3) is 0 Å². The molecule has 0 atom stereocenters. The maximum Gasteiger partial charge on any atom is 0.122 e. The van der Waals surface area contributed by atoms with Crippen molar-refractivity contribution in [1.82, 2.24) is 0 Å². The first-order chi connectivity index (χ1) is 5.77. The quantitative estimate of drug-likeness (QED) is 0.703. The van der Waals surface area contributed by atoms with E-state index in [0.717, 1.165) is 17.7 Å². The molecule has 0 spiro atoms. The molecule has 0 saturated carbocycles. The molecule has 12 heavy (non-hydrogen) atoms. The van der Waals surface area contributed by atoms with E-state index in [1.165, 1.54) is 0 Å². The number of benzene rings is 1. The first kappa shape index (κ1) is 8.87. The van der Waals surface area contributed by atoms with Gasteiger partial charge in [0, 0.05) is 0 Å². The summed E-state index contributed by atoms with van der Waals surface area (Å²) in [6.45, 7) is 0.555. The summed E-state index contributed by atoms with van der Waals surface area (Å²) in [7, 11) is 1.60. The van der Waals surface area contributed by atoms with Crippen LogP contribution in [0.15, 0.2) is 18.2 Å². The minimum atomic E-state index is 0.249. The number of hydrogen-bond donors (Lipinski definition) is 2. The number of aromatic hydroxyl groups is 1. The maximum absolute atomic E-state index is 9.16. The Morgan fingerprint density at radius 1 is 1.50 bits per heavy atom. The molecule has 0 bridgehead atoms.